The number of nitrogens with two attached hydrogens (primary N) is 1. The smallest absolute Gasteiger partial charge is 0.0740 e. The Labute approximate surface area is 92.6 Å². The van der Waals surface area contributed by atoms with Crippen LogP contribution in [0, 0.1) is 5.92 Å². The van der Waals surface area contributed by atoms with Crippen molar-refractivity contribution < 1.29 is 4.74 Å². The van der Waals surface area contributed by atoms with Crippen molar-refractivity contribution in [2.24, 2.45) is 11.7 Å². The van der Waals surface area contributed by atoms with Crippen molar-refractivity contribution in [3.63, 3.8) is 0 Å². The zero-order valence-electron chi connectivity index (χ0n) is 9.45. The summed E-state index contributed by atoms with van der Waals surface area (Å²) in [6, 6.07) is 0. The molecule has 2 N–H and O–H groups in total. The van der Waals surface area contributed by atoms with Crippen molar-refractivity contribution in [3.8, 4) is 0 Å². The van der Waals surface area contributed by atoms with Crippen LogP contribution >= 0.6 is 12.2 Å². The van der Waals surface area contributed by atoms with Gasteiger partial charge in [0.05, 0.1) is 11.6 Å². The monoisotopic (exact) mass is 218 g/mol. The Bertz CT molecular complexity index is 162. The lowest BCUT2D eigenvalue weighted by Crippen LogP contribution is -2.27. The van der Waals surface area contributed by atoms with Gasteiger partial charge in [-0.15, -0.1) is 0 Å². The Morgan fingerprint density at radius 1 is 1.43 bits per heavy atom. The van der Waals surface area contributed by atoms with Gasteiger partial charge in [0.15, 0.2) is 0 Å². The second-order valence-electron chi connectivity index (χ2n) is 3.99. The standard InChI is InChI=1S/C10H22N2OS/c1-9(2)8-13-7-6-12(3)5-4-10(11)14/h9H,4-8H2,1-3H3,(H2,11,14). The Hall–Kier alpha value is -0.190. The summed E-state index contributed by atoms with van der Waals surface area (Å²) in [4.78, 5) is 2.76. The Balaban J connectivity index is 3.26. The van der Waals surface area contributed by atoms with Gasteiger partial charge in [-0.25, -0.2) is 0 Å². The van der Waals surface area contributed by atoms with Crippen LogP contribution in [0.5, 0.6) is 0 Å². The molecule has 0 aliphatic carbocycles. The molecule has 0 amide bonds. The topological polar surface area (TPSA) is 38.5 Å². The zero-order valence-corrected chi connectivity index (χ0v) is 10.3. The van der Waals surface area contributed by atoms with Gasteiger partial charge in [0.2, 0.25) is 0 Å². The van der Waals surface area contributed by atoms with Crippen LogP contribution in [0.4, 0.5) is 0 Å². The molecule has 0 aromatic heterocycles. The van der Waals surface area contributed by atoms with Gasteiger partial charge in [-0.3, -0.25) is 0 Å². The molecular formula is C10H22N2OS. The van der Waals surface area contributed by atoms with Gasteiger partial charge in [0.25, 0.3) is 0 Å². The van der Waals surface area contributed by atoms with Gasteiger partial charge in [0.1, 0.15) is 0 Å². The number of thiocarbonyl (C=S) groups is 1. The highest BCUT2D eigenvalue weighted by atomic mass is 32.1. The van der Waals surface area contributed by atoms with Crippen molar-refractivity contribution in [3.05, 3.63) is 0 Å². The maximum absolute atomic E-state index is 5.47. The summed E-state index contributed by atoms with van der Waals surface area (Å²) in [6.07, 6.45) is 0.788. The number of likely N-dealkylation sites (N-methyl/N-ethyl adjacent to an activating group) is 1. The molecule has 0 aliphatic rings. The van der Waals surface area contributed by atoms with Crippen molar-refractivity contribution in [1.82, 2.24) is 4.90 Å². The molecule has 0 saturated heterocycles. The third kappa shape index (κ3) is 9.89. The van der Waals surface area contributed by atoms with E-state index >= 15 is 0 Å². The molecule has 0 unspecified atom stereocenters. The molecular weight excluding hydrogens is 196 g/mol. The minimum absolute atomic E-state index is 0.583. The number of nitrogens with zero attached hydrogens (tertiary/aromatic N) is 1. The lowest BCUT2D eigenvalue weighted by molar-refractivity contribution is 0.0921. The van der Waals surface area contributed by atoms with E-state index in [1.165, 1.54) is 0 Å². The molecule has 0 fully saturated rings. The van der Waals surface area contributed by atoms with E-state index < -0.39 is 0 Å². The first-order chi connectivity index (χ1) is 6.52. The summed E-state index contributed by atoms with van der Waals surface area (Å²) in [7, 11) is 2.05. The molecule has 0 radical (unpaired) electrons. The average Bonchev–Trinajstić information content (AvgIpc) is 2.08. The van der Waals surface area contributed by atoms with Crippen LogP contribution < -0.4 is 5.73 Å². The van der Waals surface area contributed by atoms with E-state index in [-0.39, 0.29) is 0 Å². The number of ether oxygens (including phenoxy) is 1. The molecule has 0 rings (SSSR count). The predicted octanol–water partition coefficient (Wildman–Crippen LogP) is 1.27. The van der Waals surface area contributed by atoms with Crippen LogP contribution in [0.2, 0.25) is 0 Å². The second kappa shape index (κ2) is 8.15. The molecule has 3 nitrogen and oxygen atoms in total. The molecule has 0 bridgehead atoms. The molecule has 84 valence electrons. The van der Waals surface area contributed by atoms with Crippen LogP contribution in [-0.2, 0) is 4.74 Å². The van der Waals surface area contributed by atoms with Gasteiger partial charge in [-0.2, -0.15) is 0 Å². The van der Waals surface area contributed by atoms with Crippen molar-refractivity contribution >= 4 is 17.2 Å². The van der Waals surface area contributed by atoms with Crippen LogP contribution in [0.1, 0.15) is 20.3 Å². The van der Waals surface area contributed by atoms with Crippen LogP contribution in [-0.4, -0.2) is 43.2 Å². The van der Waals surface area contributed by atoms with Crippen molar-refractivity contribution in [2.45, 2.75) is 20.3 Å². The molecule has 0 saturated carbocycles. The van der Waals surface area contributed by atoms with E-state index in [0.717, 1.165) is 32.7 Å². The Morgan fingerprint density at radius 3 is 2.57 bits per heavy atom. The van der Waals surface area contributed by atoms with E-state index in [4.69, 9.17) is 22.7 Å². The lowest BCUT2D eigenvalue weighted by atomic mass is 10.2. The fraction of sp³-hybridized carbons (Fsp3) is 0.900. The van der Waals surface area contributed by atoms with Gasteiger partial charge in [-0.05, 0) is 13.0 Å². The number of hydrogen-bond donors (Lipinski definition) is 1. The van der Waals surface area contributed by atoms with Crippen molar-refractivity contribution in [1.29, 1.82) is 0 Å². The van der Waals surface area contributed by atoms with E-state index in [1.807, 2.05) is 0 Å². The number of hydrogen-bond acceptors (Lipinski definition) is 3. The second-order valence-corrected chi connectivity index (χ2v) is 4.51. The third-order valence-electron chi connectivity index (χ3n) is 1.81. The quantitative estimate of drug-likeness (QED) is 0.492. The highest BCUT2D eigenvalue weighted by Gasteiger charge is 1.99. The summed E-state index contributed by atoms with van der Waals surface area (Å²) in [5, 5.41) is 0. The summed E-state index contributed by atoms with van der Waals surface area (Å²) >= 11 is 4.80. The molecule has 0 aliphatic heterocycles. The van der Waals surface area contributed by atoms with Gasteiger partial charge in [-0.1, -0.05) is 26.1 Å². The summed E-state index contributed by atoms with van der Waals surface area (Å²) in [5.41, 5.74) is 5.41. The van der Waals surface area contributed by atoms with Crippen molar-refractivity contribution in [2.75, 3.05) is 33.4 Å². The van der Waals surface area contributed by atoms with Gasteiger partial charge >= 0.3 is 0 Å². The minimum Gasteiger partial charge on any atom is -0.393 e. The van der Waals surface area contributed by atoms with Crippen LogP contribution in [0.3, 0.4) is 0 Å². The molecule has 0 atom stereocenters. The average molecular weight is 218 g/mol. The van der Waals surface area contributed by atoms with Gasteiger partial charge < -0.3 is 15.4 Å². The fourth-order valence-electron chi connectivity index (χ4n) is 0.952. The molecule has 0 aromatic carbocycles. The van der Waals surface area contributed by atoms with Gasteiger partial charge in [0, 0.05) is 26.1 Å². The molecule has 0 aromatic rings. The molecule has 0 spiro atoms. The van der Waals surface area contributed by atoms with Crippen LogP contribution in [0.25, 0.3) is 0 Å². The largest absolute Gasteiger partial charge is 0.393 e. The third-order valence-corrected chi connectivity index (χ3v) is 2.01. The molecule has 14 heavy (non-hydrogen) atoms. The molecule has 4 heteroatoms. The first-order valence-corrected chi connectivity index (χ1v) is 5.47. The highest BCUT2D eigenvalue weighted by molar-refractivity contribution is 7.80. The lowest BCUT2D eigenvalue weighted by Gasteiger charge is -2.16. The van der Waals surface area contributed by atoms with Crippen LogP contribution in [0.15, 0.2) is 0 Å². The normalized spacial score (nSPS) is 11.2. The predicted molar refractivity (Wildman–Crippen MR) is 64.6 cm³/mol. The first-order valence-electron chi connectivity index (χ1n) is 5.07. The summed E-state index contributed by atoms with van der Waals surface area (Å²) < 4.78 is 5.47. The fourth-order valence-corrected chi connectivity index (χ4v) is 1.04. The summed E-state index contributed by atoms with van der Waals surface area (Å²) in [6.45, 7) is 7.78. The Morgan fingerprint density at radius 2 is 2.07 bits per heavy atom. The van der Waals surface area contributed by atoms with E-state index in [1.54, 1.807) is 0 Å². The minimum atomic E-state index is 0.583. The SMILES string of the molecule is CC(C)COCCN(C)CCC(N)=S. The first kappa shape index (κ1) is 13.8. The highest BCUT2D eigenvalue weighted by Crippen LogP contribution is 1.93. The van der Waals surface area contributed by atoms with E-state index in [9.17, 15) is 0 Å². The number of rotatable bonds is 8. The Kier molecular flexibility index (Phi) is 8.04. The van der Waals surface area contributed by atoms with E-state index in [0.29, 0.717) is 10.9 Å². The maximum Gasteiger partial charge on any atom is 0.0740 e. The maximum atomic E-state index is 5.47. The molecule has 0 heterocycles. The summed E-state index contributed by atoms with van der Waals surface area (Å²) in [5.74, 6) is 0.608. The zero-order chi connectivity index (χ0) is 11.0. The van der Waals surface area contributed by atoms with E-state index in [2.05, 4.69) is 25.8 Å².